The Bertz CT molecular complexity index is 794. The zero-order valence-electron chi connectivity index (χ0n) is 18.5. The molecule has 0 saturated carbocycles. The van der Waals surface area contributed by atoms with Crippen molar-refractivity contribution in [3.63, 3.8) is 0 Å². The van der Waals surface area contributed by atoms with Crippen molar-refractivity contribution < 1.29 is 26.7 Å². The standard InChI is InChI=1S/C25H35ClNO2.ClH/c1-19-14-20(2)25(21(3)15-19)29-18-23(28)17-27(12-8-4-5-9-13-27)16-22-10-6-7-11-24(22)26;/h6-7,10-11,14-15,23,28H,4-5,8-9,12-13,16-18H2,1-3H3;1H/q+1;/p-1. The molecule has 0 aromatic heterocycles. The van der Waals surface area contributed by atoms with E-state index in [1.54, 1.807) is 0 Å². The number of hydrogen-bond donors (Lipinski definition) is 1. The predicted octanol–water partition coefficient (Wildman–Crippen LogP) is 2.60. The van der Waals surface area contributed by atoms with Crippen molar-refractivity contribution in [2.24, 2.45) is 0 Å². The van der Waals surface area contributed by atoms with E-state index in [-0.39, 0.29) is 12.4 Å². The molecule has 30 heavy (non-hydrogen) atoms. The third-order valence-electron chi connectivity index (χ3n) is 6.10. The van der Waals surface area contributed by atoms with Gasteiger partial charge in [0.25, 0.3) is 0 Å². The minimum atomic E-state index is -0.504. The molecule has 1 N–H and O–H groups in total. The van der Waals surface area contributed by atoms with Crippen molar-refractivity contribution in [2.75, 3.05) is 26.2 Å². The summed E-state index contributed by atoms with van der Waals surface area (Å²) in [5, 5.41) is 11.8. The Hall–Kier alpha value is -1.26. The SMILES string of the molecule is Cc1cc(C)c(OCC(O)C[N+]2(Cc3ccccc3Cl)CCCCCC2)c(C)c1.[Cl-]. The van der Waals surface area contributed by atoms with Gasteiger partial charge in [-0.25, -0.2) is 0 Å². The molecule has 3 nitrogen and oxygen atoms in total. The van der Waals surface area contributed by atoms with Crippen molar-refractivity contribution in [3.8, 4) is 5.75 Å². The summed E-state index contributed by atoms with van der Waals surface area (Å²) >= 11 is 6.47. The fraction of sp³-hybridized carbons (Fsp3) is 0.520. The average Bonchev–Trinajstić information content (AvgIpc) is 2.88. The summed E-state index contributed by atoms with van der Waals surface area (Å²) < 4.78 is 6.98. The lowest BCUT2D eigenvalue weighted by Gasteiger charge is -2.39. The third-order valence-corrected chi connectivity index (χ3v) is 6.47. The van der Waals surface area contributed by atoms with Gasteiger partial charge in [-0.1, -0.05) is 47.5 Å². The number of likely N-dealkylation sites (tertiary alicyclic amines) is 1. The number of aliphatic hydroxyl groups excluding tert-OH is 1. The molecule has 1 aliphatic heterocycles. The molecule has 1 atom stereocenters. The van der Waals surface area contributed by atoms with E-state index in [0.717, 1.165) is 46.0 Å². The largest absolute Gasteiger partial charge is 1.00 e. The van der Waals surface area contributed by atoms with Crippen LogP contribution in [0.1, 0.15) is 47.9 Å². The second-order valence-electron chi connectivity index (χ2n) is 8.83. The maximum atomic E-state index is 10.9. The van der Waals surface area contributed by atoms with E-state index in [0.29, 0.717) is 13.2 Å². The van der Waals surface area contributed by atoms with Gasteiger partial charge in [-0.05, 0) is 63.6 Å². The van der Waals surface area contributed by atoms with Crippen molar-refractivity contribution in [1.82, 2.24) is 0 Å². The van der Waals surface area contributed by atoms with Crippen LogP contribution in [0.15, 0.2) is 36.4 Å². The van der Waals surface area contributed by atoms with E-state index in [1.165, 1.54) is 36.8 Å². The summed E-state index contributed by atoms with van der Waals surface area (Å²) in [5.41, 5.74) is 4.67. The van der Waals surface area contributed by atoms with E-state index in [9.17, 15) is 5.11 Å². The van der Waals surface area contributed by atoms with Crippen molar-refractivity contribution in [1.29, 1.82) is 0 Å². The van der Waals surface area contributed by atoms with Gasteiger partial charge in [-0.3, -0.25) is 0 Å². The number of hydrogen-bond acceptors (Lipinski definition) is 2. The minimum absolute atomic E-state index is 0. The van der Waals surface area contributed by atoms with Gasteiger partial charge in [-0.15, -0.1) is 0 Å². The maximum absolute atomic E-state index is 10.9. The minimum Gasteiger partial charge on any atom is -1.00 e. The maximum Gasteiger partial charge on any atom is 0.137 e. The van der Waals surface area contributed by atoms with Gasteiger partial charge in [0.1, 0.15) is 31.5 Å². The Morgan fingerprint density at radius 1 is 1.00 bits per heavy atom. The van der Waals surface area contributed by atoms with Crippen LogP contribution in [0, 0.1) is 20.8 Å². The lowest BCUT2D eigenvalue weighted by Crippen LogP contribution is -3.00. The van der Waals surface area contributed by atoms with Crippen LogP contribution in [0.2, 0.25) is 5.02 Å². The van der Waals surface area contributed by atoms with Gasteiger partial charge in [0.2, 0.25) is 0 Å². The normalized spacial score (nSPS) is 17.0. The van der Waals surface area contributed by atoms with Crippen molar-refractivity contribution >= 4 is 11.6 Å². The van der Waals surface area contributed by atoms with Crippen LogP contribution in [0.4, 0.5) is 0 Å². The van der Waals surface area contributed by atoms with Crippen LogP contribution < -0.4 is 17.1 Å². The number of nitrogens with zero attached hydrogens (tertiary/aromatic N) is 1. The number of aryl methyl sites for hydroxylation is 3. The smallest absolute Gasteiger partial charge is 0.137 e. The number of ether oxygens (including phenoxy) is 1. The van der Waals surface area contributed by atoms with Gasteiger partial charge < -0.3 is 26.7 Å². The number of halogens is 2. The van der Waals surface area contributed by atoms with Gasteiger partial charge in [0.05, 0.1) is 13.1 Å². The van der Waals surface area contributed by atoms with Gasteiger partial charge in [0, 0.05) is 10.6 Å². The van der Waals surface area contributed by atoms with Crippen molar-refractivity contribution in [2.45, 2.75) is 59.1 Å². The van der Waals surface area contributed by atoms with Gasteiger partial charge in [0.15, 0.2) is 0 Å². The highest BCUT2D eigenvalue weighted by molar-refractivity contribution is 6.31. The Kier molecular flexibility index (Phi) is 9.49. The van der Waals surface area contributed by atoms with E-state index in [4.69, 9.17) is 16.3 Å². The first-order chi connectivity index (χ1) is 13.9. The molecule has 1 heterocycles. The molecule has 166 valence electrons. The van der Waals surface area contributed by atoms with E-state index >= 15 is 0 Å². The summed E-state index contributed by atoms with van der Waals surface area (Å²) in [4.78, 5) is 0. The molecule has 1 unspecified atom stereocenters. The van der Waals surface area contributed by atoms with Crippen LogP contribution in [0.25, 0.3) is 0 Å². The van der Waals surface area contributed by atoms with Crippen LogP contribution in [-0.2, 0) is 6.54 Å². The molecule has 1 fully saturated rings. The Labute approximate surface area is 193 Å². The topological polar surface area (TPSA) is 29.5 Å². The molecule has 5 heteroatoms. The zero-order chi connectivity index (χ0) is 20.9. The summed E-state index contributed by atoms with van der Waals surface area (Å²) in [6.07, 6.45) is 4.45. The summed E-state index contributed by atoms with van der Waals surface area (Å²) in [5.74, 6) is 0.906. The summed E-state index contributed by atoms with van der Waals surface area (Å²) in [6.45, 7) is 10.3. The van der Waals surface area contributed by atoms with Crippen LogP contribution >= 0.6 is 11.6 Å². The first kappa shape index (κ1) is 25.0. The predicted molar refractivity (Wildman–Crippen MR) is 121 cm³/mol. The lowest BCUT2D eigenvalue weighted by atomic mass is 10.1. The monoisotopic (exact) mass is 451 g/mol. The zero-order valence-corrected chi connectivity index (χ0v) is 20.0. The number of quaternary nitrogens is 1. The third kappa shape index (κ3) is 6.62. The van der Waals surface area contributed by atoms with E-state index in [2.05, 4.69) is 45.0 Å². The second kappa shape index (κ2) is 11.4. The quantitative estimate of drug-likeness (QED) is 0.655. The Balaban J connectivity index is 0.00000320. The molecule has 3 rings (SSSR count). The van der Waals surface area contributed by atoms with Crippen LogP contribution in [0.5, 0.6) is 5.75 Å². The molecular formula is C25H35Cl2NO2. The van der Waals surface area contributed by atoms with E-state index in [1.807, 2.05) is 12.1 Å². The molecule has 0 aliphatic carbocycles. The van der Waals surface area contributed by atoms with Crippen molar-refractivity contribution in [3.05, 3.63) is 63.7 Å². The highest BCUT2D eigenvalue weighted by Crippen LogP contribution is 2.28. The summed E-state index contributed by atoms with van der Waals surface area (Å²) in [7, 11) is 0. The molecule has 2 aromatic carbocycles. The van der Waals surface area contributed by atoms with Gasteiger partial charge in [-0.2, -0.15) is 0 Å². The van der Waals surface area contributed by atoms with Crippen LogP contribution in [0.3, 0.4) is 0 Å². The van der Waals surface area contributed by atoms with Gasteiger partial charge >= 0.3 is 0 Å². The second-order valence-corrected chi connectivity index (χ2v) is 9.24. The first-order valence-electron chi connectivity index (χ1n) is 10.9. The molecule has 2 aromatic rings. The number of aliphatic hydroxyl groups is 1. The van der Waals surface area contributed by atoms with E-state index < -0.39 is 6.10 Å². The highest BCUT2D eigenvalue weighted by Gasteiger charge is 2.32. The lowest BCUT2D eigenvalue weighted by molar-refractivity contribution is -0.942. The number of benzene rings is 2. The first-order valence-corrected chi connectivity index (χ1v) is 11.2. The molecule has 1 saturated heterocycles. The fourth-order valence-corrected chi connectivity index (χ4v) is 5.02. The molecule has 1 aliphatic rings. The Morgan fingerprint density at radius 3 is 2.20 bits per heavy atom. The molecule has 0 bridgehead atoms. The highest BCUT2D eigenvalue weighted by atomic mass is 35.5. The molecule has 0 radical (unpaired) electrons. The fourth-order valence-electron chi connectivity index (χ4n) is 4.83. The van der Waals surface area contributed by atoms with Crippen LogP contribution in [-0.4, -0.2) is 41.9 Å². The Morgan fingerprint density at radius 2 is 1.60 bits per heavy atom. The average molecular weight is 452 g/mol. The molecular weight excluding hydrogens is 417 g/mol. The molecule has 0 amide bonds. The number of rotatable bonds is 7. The molecule has 0 spiro atoms. The summed E-state index contributed by atoms with van der Waals surface area (Å²) in [6, 6.07) is 12.4.